The topological polar surface area (TPSA) is 74.8 Å². The highest BCUT2D eigenvalue weighted by Crippen LogP contribution is 2.39. The number of amides is 3. The number of rotatable bonds is 5. The molecule has 8 heteroatoms. The number of benzene rings is 2. The molecule has 6 nitrogen and oxygen atoms in total. The molecule has 1 fully saturated rings. The van der Waals surface area contributed by atoms with Crippen LogP contribution in [0.25, 0.3) is 0 Å². The molecule has 1 heterocycles. The van der Waals surface area contributed by atoms with Crippen LogP contribution in [0.15, 0.2) is 60.7 Å². The van der Waals surface area contributed by atoms with Gasteiger partial charge in [-0.05, 0) is 30.5 Å². The fraction of sp³-hybridized carbons (Fsp3) is 0.250. The molecule has 0 unspecified atom stereocenters. The number of ketones is 1. The first kappa shape index (κ1) is 22.2. The Labute approximate surface area is 195 Å². The number of halogens is 2. The molecule has 2 aliphatic rings. The molecule has 32 heavy (non-hydrogen) atoms. The lowest BCUT2D eigenvalue weighted by Gasteiger charge is -2.30. The van der Waals surface area contributed by atoms with Crippen molar-refractivity contribution in [1.29, 1.82) is 0 Å². The molecule has 3 atom stereocenters. The largest absolute Gasteiger partial charge is 0.292 e. The monoisotopic (exact) mass is 470 g/mol. The standard InChI is InChI=1S/C24H20Cl2N2O4/c1-14-6-5-9-17-21(14)24(32)28(23(17)31)27(13-20(29)15-7-3-2-4-8-15)22(30)16-10-11-18(25)19(26)12-16/h2-8,10-12,14,17,21H,9,13H2,1H3/t14-,17+,21-/m1/s1. The molecule has 1 saturated heterocycles. The molecule has 3 amide bonds. The number of Topliss-reactive ketones (excluding diaryl/α,β-unsaturated/α-hetero) is 1. The molecule has 0 saturated carbocycles. The number of allylic oxidation sites excluding steroid dienone is 2. The Kier molecular flexibility index (Phi) is 6.17. The minimum atomic E-state index is -0.686. The van der Waals surface area contributed by atoms with E-state index in [1.54, 1.807) is 30.3 Å². The van der Waals surface area contributed by atoms with Crippen LogP contribution in [0, 0.1) is 17.8 Å². The van der Waals surface area contributed by atoms with Crippen LogP contribution in [0.2, 0.25) is 10.0 Å². The van der Waals surface area contributed by atoms with Crippen LogP contribution >= 0.6 is 23.2 Å². The first-order chi connectivity index (χ1) is 15.3. The van der Waals surface area contributed by atoms with Crippen molar-refractivity contribution in [2.75, 3.05) is 6.54 Å². The molecule has 164 valence electrons. The number of carbonyl (C=O) groups is 4. The Balaban J connectivity index is 1.72. The fourth-order valence-electron chi connectivity index (χ4n) is 4.23. The average molecular weight is 471 g/mol. The number of hydrogen-bond donors (Lipinski definition) is 0. The van der Waals surface area contributed by atoms with Gasteiger partial charge in [-0.25, -0.2) is 5.01 Å². The Bertz CT molecular complexity index is 1130. The Morgan fingerprint density at radius 1 is 1.00 bits per heavy atom. The van der Waals surface area contributed by atoms with Crippen LogP contribution in [0.5, 0.6) is 0 Å². The van der Waals surface area contributed by atoms with Gasteiger partial charge in [0.1, 0.15) is 6.54 Å². The molecule has 0 spiro atoms. The molecule has 0 radical (unpaired) electrons. The SMILES string of the molecule is C[C@@H]1C=CC[C@@H]2C(=O)N(N(CC(=O)c3ccccc3)C(=O)c3ccc(Cl)c(Cl)c3)C(=O)[C@H]12. The predicted molar refractivity (Wildman–Crippen MR) is 120 cm³/mol. The van der Waals surface area contributed by atoms with E-state index in [1.807, 2.05) is 19.1 Å². The highest BCUT2D eigenvalue weighted by molar-refractivity contribution is 6.42. The van der Waals surface area contributed by atoms with Crippen molar-refractivity contribution < 1.29 is 19.2 Å². The normalized spacial score (nSPS) is 22.1. The summed E-state index contributed by atoms with van der Waals surface area (Å²) in [6.45, 7) is 1.39. The first-order valence-electron chi connectivity index (χ1n) is 10.2. The summed E-state index contributed by atoms with van der Waals surface area (Å²) >= 11 is 12.0. The Hall–Kier alpha value is -2.96. The number of fused-ring (bicyclic) bond motifs is 1. The van der Waals surface area contributed by atoms with Gasteiger partial charge in [0, 0.05) is 11.1 Å². The maximum absolute atomic E-state index is 13.5. The van der Waals surface area contributed by atoms with E-state index in [9.17, 15) is 19.2 Å². The zero-order chi connectivity index (χ0) is 23.0. The Morgan fingerprint density at radius 3 is 2.38 bits per heavy atom. The average Bonchev–Trinajstić information content (AvgIpc) is 3.05. The van der Waals surface area contributed by atoms with E-state index in [1.165, 1.54) is 18.2 Å². The van der Waals surface area contributed by atoms with Gasteiger partial charge in [-0.3, -0.25) is 19.2 Å². The van der Waals surface area contributed by atoms with E-state index in [4.69, 9.17) is 23.2 Å². The number of hydrazine groups is 1. The van der Waals surface area contributed by atoms with Crippen molar-refractivity contribution >= 4 is 46.7 Å². The molecule has 1 aliphatic heterocycles. The zero-order valence-corrected chi connectivity index (χ0v) is 18.7. The first-order valence-corrected chi connectivity index (χ1v) is 10.9. The highest BCUT2D eigenvalue weighted by Gasteiger charge is 2.53. The quantitative estimate of drug-likeness (QED) is 0.368. The van der Waals surface area contributed by atoms with Gasteiger partial charge in [0.15, 0.2) is 5.78 Å². The molecule has 0 aromatic heterocycles. The lowest BCUT2D eigenvalue weighted by molar-refractivity contribution is -0.154. The van der Waals surface area contributed by atoms with E-state index in [0.717, 1.165) is 10.0 Å². The third kappa shape index (κ3) is 3.96. The van der Waals surface area contributed by atoms with Crippen molar-refractivity contribution in [3.8, 4) is 0 Å². The summed E-state index contributed by atoms with van der Waals surface area (Å²) in [4.78, 5) is 52.9. The van der Waals surface area contributed by atoms with Crippen LogP contribution in [-0.4, -0.2) is 40.1 Å². The van der Waals surface area contributed by atoms with Gasteiger partial charge in [0.25, 0.3) is 17.7 Å². The summed E-state index contributed by atoms with van der Waals surface area (Å²) in [5, 5.41) is 2.20. The molecule has 4 rings (SSSR count). The molecule has 0 N–H and O–H groups in total. The molecule has 1 aliphatic carbocycles. The van der Waals surface area contributed by atoms with E-state index in [-0.39, 0.29) is 21.5 Å². The van der Waals surface area contributed by atoms with E-state index < -0.39 is 41.9 Å². The summed E-state index contributed by atoms with van der Waals surface area (Å²) in [6.07, 6.45) is 4.19. The second-order valence-corrected chi connectivity index (χ2v) is 8.74. The number of imide groups is 1. The van der Waals surface area contributed by atoms with Gasteiger partial charge in [0.05, 0.1) is 21.9 Å². The van der Waals surface area contributed by atoms with Crippen molar-refractivity contribution in [3.05, 3.63) is 81.9 Å². The minimum absolute atomic E-state index is 0.113. The number of carbonyl (C=O) groups excluding carboxylic acids is 4. The highest BCUT2D eigenvalue weighted by atomic mass is 35.5. The molecule has 0 bridgehead atoms. The predicted octanol–water partition coefficient (Wildman–Crippen LogP) is 4.43. The van der Waals surface area contributed by atoms with E-state index in [0.29, 0.717) is 12.0 Å². The smallest absolute Gasteiger partial charge is 0.273 e. The van der Waals surface area contributed by atoms with Gasteiger partial charge >= 0.3 is 0 Å². The minimum Gasteiger partial charge on any atom is -0.292 e. The van der Waals surface area contributed by atoms with Gasteiger partial charge < -0.3 is 0 Å². The van der Waals surface area contributed by atoms with Crippen LogP contribution in [0.1, 0.15) is 34.1 Å². The van der Waals surface area contributed by atoms with Crippen molar-refractivity contribution in [2.45, 2.75) is 13.3 Å². The van der Waals surface area contributed by atoms with Crippen LogP contribution in [0.3, 0.4) is 0 Å². The molecular formula is C24H20Cl2N2O4. The molecule has 2 aromatic rings. The third-order valence-electron chi connectivity index (χ3n) is 5.88. The van der Waals surface area contributed by atoms with E-state index in [2.05, 4.69) is 0 Å². The molecular weight excluding hydrogens is 451 g/mol. The summed E-state index contributed by atoms with van der Waals surface area (Å²) in [5.41, 5.74) is 0.480. The van der Waals surface area contributed by atoms with Crippen molar-refractivity contribution in [3.63, 3.8) is 0 Å². The van der Waals surface area contributed by atoms with Crippen molar-refractivity contribution in [1.82, 2.24) is 10.0 Å². The van der Waals surface area contributed by atoms with Crippen LogP contribution in [-0.2, 0) is 9.59 Å². The van der Waals surface area contributed by atoms with Crippen molar-refractivity contribution in [2.24, 2.45) is 17.8 Å². The number of nitrogens with zero attached hydrogens (tertiary/aromatic N) is 2. The molecule has 2 aromatic carbocycles. The van der Waals surface area contributed by atoms with Gasteiger partial charge in [-0.15, -0.1) is 0 Å². The second kappa shape index (κ2) is 8.88. The maximum Gasteiger partial charge on any atom is 0.273 e. The second-order valence-electron chi connectivity index (χ2n) is 7.92. The summed E-state index contributed by atoms with van der Waals surface area (Å²) in [5.74, 6) is -3.32. The zero-order valence-electron chi connectivity index (χ0n) is 17.2. The fourth-order valence-corrected chi connectivity index (χ4v) is 4.53. The van der Waals surface area contributed by atoms with Crippen LogP contribution in [0.4, 0.5) is 0 Å². The summed E-state index contributed by atoms with van der Waals surface area (Å²) in [6, 6.07) is 12.6. The number of hydrogen-bond acceptors (Lipinski definition) is 4. The lowest BCUT2D eigenvalue weighted by Crippen LogP contribution is -2.52. The van der Waals surface area contributed by atoms with Gasteiger partial charge in [0.2, 0.25) is 0 Å². The van der Waals surface area contributed by atoms with E-state index >= 15 is 0 Å². The van der Waals surface area contributed by atoms with Crippen LogP contribution < -0.4 is 0 Å². The maximum atomic E-state index is 13.5. The summed E-state index contributed by atoms with van der Waals surface area (Å²) in [7, 11) is 0. The summed E-state index contributed by atoms with van der Waals surface area (Å²) < 4.78 is 0. The lowest BCUT2D eigenvalue weighted by atomic mass is 9.78. The Morgan fingerprint density at radius 2 is 1.72 bits per heavy atom. The third-order valence-corrected chi connectivity index (χ3v) is 6.62. The van der Waals surface area contributed by atoms with Gasteiger partial charge in [-0.1, -0.05) is 72.6 Å². The van der Waals surface area contributed by atoms with Gasteiger partial charge in [-0.2, -0.15) is 5.01 Å².